The summed E-state index contributed by atoms with van der Waals surface area (Å²) in [6.45, 7) is 4.07. The van der Waals surface area contributed by atoms with Crippen molar-refractivity contribution < 1.29 is 9.59 Å². The SMILES string of the molecule is C=C(c1ccc(C#N)cc1)c1ccc(N2C(=O)C=CC2=O)cc1. The molecule has 0 saturated heterocycles. The summed E-state index contributed by atoms with van der Waals surface area (Å²) in [6, 6.07) is 16.3. The van der Waals surface area contributed by atoms with Crippen LogP contribution in [0.3, 0.4) is 0 Å². The van der Waals surface area contributed by atoms with E-state index in [1.54, 1.807) is 24.3 Å². The van der Waals surface area contributed by atoms with Crippen molar-refractivity contribution in [2.24, 2.45) is 0 Å². The van der Waals surface area contributed by atoms with Gasteiger partial charge in [-0.05, 0) is 41.0 Å². The normalized spacial score (nSPS) is 13.3. The Morgan fingerprint density at radius 3 is 1.83 bits per heavy atom. The van der Waals surface area contributed by atoms with Crippen LogP contribution in [0.15, 0.2) is 67.3 Å². The van der Waals surface area contributed by atoms with Gasteiger partial charge in [0.2, 0.25) is 0 Å². The number of rotatable bonds is 3. The molecule has 1 heterocycles. The highest BCUT2D eigenvalue weighted by Crippen LogP contribution is 2.25. The maximum absolute atomic E-state index is 11.7. The Labute approximate surface area is 133 Å². The molecular weight excluding hydrogens is 288 g/mol. The van der Waals surface area contributed by atoms with Crippen LogP contribution in [0.25, 0.3) is 5.57 Å². The monoisotopic (exact) mass is 300 g/mol. The second kappa shape index (κ2) is 5.74. The van der Waals surface area contributed by atoms with E-state index in [2.05, 4.69) is 12.6 Å². The van der Waals surface area contributed by atoms with Gasteiger partial charge in [0.05, 0.1) is 17.3 Å². The molecule has 4 heteroatoms. The number of nitrogens with zero attached hydrogens (tertiary/aromatic N) is 2. The van der Waals surface area contributed by atoms with E-state index in [1.165, 1.54) is 12.2 Å². The van der Waals surface area contributed by atoms with Crippen molar-refractivity contribution in [3.05, 3.63) is 84.0 Å². The van der Waals surface area contributed by atoms with E-state index in [1.807, 2.05) is 24.3 Å². The number of hydrogen-bond acceptors (Lipinski definition) is 3. The first-order chi connectivity index (χ1) is 11.1. The van der Waals surface area contributed by atoms with Gasteiger partial charge in [-0.25, -0.2) is 4.90 Å². The molecule has 0 spiro atoms. The van der Waals surface area contributed by atoms with Crippen LogP contribution < -0.4 is 4.90 Å². The van der Waals surface area contributed by atoms with Gasteiger partial charge in [-0.2, -0.15) is 5.26 Å². The fourth-order valence-corrected chi connectivity index (χ4v) is 2.38. The van der Waals surface area contributed by atoms with Gasteiger partial charge in [0.25, 0.3) is 11.8 Å². The quantitative estimate of drug-likeness (QED) is 0.818. The van der Waals surface area contributed by atoms with Crippen LogP contribution in [0, 0.1) is 11.3 Å². The first kappa shape index (κ1) is 14.5. The molecule has 0 N–H and O–H groups in total. The third-order valence-corrected chi connectivity index (χ3v) is 3.65. The molecule has 3 rings (SSSR count). The van der Waals surface area contributed by atoms with Crippen LogP contribution in [0.2, 0.25) is 0 Å². The molecule has 0 aromatic heterocycles. The number of benzene rings is 2. The fourth-order valence-electron chi connectivity index (χ4n) is 2.38. The summed E-state index contributed by atoms with van der Waals surface area (Å²) >= 11 is 0. The molecule has 4 nitrogen and oxygen atoms in total. The zero-order chi connectivity index (χ0) is 16.4. The molecule has 0 radical (unpaired) electrons. The first-order valence-corrected chi connectivity index (χ1v) is 6.96. The lowest BCUT2D eigenvalue weighted by atomic mass is 9.98. The zero-order valence-corrected chi connectivity index (χ0v) is 12.2. The Bertz CT molecular complexity index is 851. The van der Waals surface area contributed by atoms with Crippen molar-refractivity contribution in [1.82, 2.24) is 0 Å². The van der Waals surface area contributed by atoms with Crippen molar-refractivity contribution in [2.75, 3.05) is 4.90 Å². The predicted molar refractivity (Wildman–Crippen MR) is 87.4 cm³/mol. The van der Waals surface area contributed by atoms with Gasteiger partial charge in [-0.1, -0.05) is 30.8 Å². The Kier molecular flexibility index (Phi) is 3.62. The number of anilines is 1. The Morgan fingerprint density at radius 1 is 0.870 bits per heavy atom. The number of imide groups is 1. The summed E-state index contributed by atoms with van der Waals surface area (Å²) < 4.78 is 0. The van der Waals surface area contributed by atoms with Gasteiger partial charge < -0.3 is 0 Å². The number of carbonyl (C=O) groups is 2. The van der Waals surface area contributed by atoms with Gasteiger partial charge in [0, 0.05) is 12.2 Å². The molecule has 0 atom stereocenters. The minimum atomic E-state index is -0.339. The molecule has 0 aliphatic carbocycles. The molecule has 2 aromatic carbocycles. The smallest absolute Gasteiger partial charge is 0.258 e. The third kappa shape index (κ3) is 2.68. The van der Waals surface area contributed by atoms with E-state index < -0.39 is 0 Å². The van der Waals surface area contributed by atoms with Crippen LogP contribution in [-0.4, -0.2) is 11.8 Å². The predicted octanol–water partition coefficient (Wildman–Crippen LogP) is 3.05. The highest BCUT2D eigenvalue weighted by Gasteiger charge is 2.24. The van der Waals surface area contributed by atoms with Gasteiger partial charge in [0.1, 0.15) is 0 Å². The van der Waals surface area contributed by atoms with Crippen LogP contribution >= 0.6 is 0 Å². The van der Waals surface area contributed by atoms with Crippen molar-refractivity contribution in [1.29, 1.82) is 5.26 Å². The second-order valence-corrected chi connectivity index (χ2v) is 5.06. The first-order valence-electron chi connectivity index (χ1n) is 6.96. The molecule has 2 aromatic rings. The van der Waals surface area contributed by atoms with Crippen molar-refractivity contribution in [3.63, 3.8) is 0 Å². The molecule has 2 amide bonds. The fraction of sp³-hybridized carbons (Fsp3) is 0. The van der Waals surface area contributed by atoms with Crippen LogP contribution in [0.4, 0.5) is 5.69 Å². The van der Waals surface area contributed by atoms with Crippen LogP contribution in [0.5, 0.6) is 0 Å². The average molecular weight is 300 g/mol. The largest absolute Gasteiger partial charge is 0.269 e. The lowest BCUT2D eigenvalue weighted by molar-refractivity contribution is -0.119. The molecular formula is C19H12N2O2. The summed E-state index contributed by atoms with van der Waals surface area (Å²) in [5.41, 5.74) is 3.72. The van der Waals surface area contributed by atoms with E-state index in [0.29, 0.717) is 11.3 Å². The summed E-state index contributed by atoms with van der Waals surface area (Å²) in [5, 5.41) is 8.82. The Hall–Kier alpha value is -3.45. The second-order valence-electron chi connectivity index (χ2n) is 5.06. The highest BCUT2D eigenvalue weighted by molar-refractivity contribution is 6.28. The van der Waals surface area contributed by atoms with E-state index in [-0.39, 0.29) is 11.8 Å². The van der Waals surface area contributed by atoms with Crippen LogP contribution in [0.1, 0.15) is 16.7 Å². The van der Waals surface area contributed by atoms with E-state index in [9.17, 15) is 9.59 Å². The maximum Gasteiger partial charge on any atom is 0.258 e. The van der Waals surface area contributed by atoms with Crippen molar-refractivity contribution in [2.45, 2.75) is 0 Å². The van der Waals surface area contributed by atoms with Gasteiger partial charge >= 0.3 is 0 Å². The van der Waals surface area contributed by atoms with Crippen molar-refractivity contribution >= 4 is 23.1 Å². The topological polar surface area (TPSA) is 61.2 Å². The molecule has 1 aliphatic rings. The maximum atomic E-state index is 11.7. The number of carbonyl (C=O) groups excluding carboxylic acids is 2. The minimum Gasteiger partial charge on any atom is -0.269 e. The molecule has 0 bridgehead atoms. The highest BCUT2D eigenvalue weighted by atomic mass is 16.2. The Balaban J connectivity index is 1.84. The standard InChI is InChI=1S/C19H12N2O2/c1-13(15-4-2-14(12-20)3-5-15)16-6-8-17(9-7-16)21-18(22)10-11-19(21)23/h2-11H,1H2. The number of nitriles is 1. The van der Waals surface area contributed by atoms with E-state index in [4.69, 9.17) is 5.26 Å². The summed E-state index contributed by atoms with van der Waals surface area (Å²) in [4.78, 5) is 24.4. The van der Waals surface area contributed by atoms with E-state index in [0.717, 1.165) is 21.6 Å². The summed E-state index contributed by atoms with van der Waals surface area (Å²) in [6.07, 6.45) is 2.51. The summed E-state index contributed by atoms with van der Waals surface area (Å²) in [7, 11) is 0. The molecule has 0 saturated carbocycles. The molecule has 110 valence electrons. The van der Waals surface area contributed by atoms with E-state index >= 15 is 0 Å². The van der Waals surface area contributed by atoms with Crippen LogP contribution in [-0.2, 0) is 9.59 Å². The molecule has 0 fully saturated rings. The van der Waals surface area contributed by atoms with Crippen molar-refractivity contribution in [3.8, 4) is 6.07 Å². The number of hydrogen-bond donors (Lipinski definition) is 0. The third-order valence-electron chi connectivity index (χ3n) is 3.65. The molecule has 23 heavy (non-hydrogen) atoms. The number of amides is 2. The average Bonchev–Trinajstić information content (AvgIpc) is 2.93. The minimum absolute atomic E-state index is 0.339. The lowest BCUT2D eigenvalue weighted by Crippen LogP contribution is -2.29. The summed E-state index contributed by atoms with van der Waals surface area (Å²) in [5.74, 6) is -0.678. The molecule has 0 unspecified atom stereocenters. The Morgan fingerprint density at radius 2 is 1.35 bits per heavy atom. The van der Waals surface area contributed by atoms with Gasteiger partial charge in [-0.15, -0.1) is 0 Å². The van der Waals surface area contributed by atoms with Gasteiger partial charge in [-0.3, -0.25) is 9.59 Å². The zero-order valence-electron chi connectivity index (χ0n) is 12.2. The van der Waals surface area contributed by atoms with Gasteiger partial charge in [0.15, 0.2) is 0 Å². The lowest BCUT2D eigenvalue weighted by Gasteiger charge is -2.14. The molecule has 1 aliphatic heterocycles.